The third-order valence-corrected chi connectivity index (χ3v) is 5.36. The fourth-order valence-electron chi connectivity index (χ4n) is 2.58. The fraction of sp³-hybridized carbons (Fsp3) is 0.158. The van der Waals surface area contributed by atoms with Crippen molar-refractivity contribution in [2.24, 2.45) is 7.05 Å². The van der Waals surface area contributed by atoms with Crippen molar-refractivity contribution in [1.82, 2.24) is 14.5 Å². The summed E-state index contributed by atoms with van der Waals surface area (Å²) < 4.78 is 29.2. The van der Waals surface area contributed by atoms with Gasteiger partial charge in [-0.3, -0.25) is 9.48 Å². The molecule has 140 valence electrons. The largest absolute Gasteiger partial charge is 0.307 e. The number of anilines is 1. The van der Waals surface area contributed by atoms with E-state index in [-0.39, 0.29) is 17.0 Å². The first-order valence-electron chi connectivity index (χ1n) is 8.31. The minimum Gasteiger partial charge on any atom is -0.307 e. The van der Waals surface area contributed by atoms with Crippen molar-refractivity contribution in [2.45, 2.75) is 18.4 Å². The smallest absolute Gasteiger partial charge is 0.256 e. The summed E-state index contributed by atoms with van der Waals surface area (Å²) in [5, 5.41) is 6.89. The zero-order chi connectivity index (χ0) is 19.4. The van der Waals surface area contributed by atoms with Crippen LogP contribution in [0.15, 0.2) is 65.6 Å². The maximum absolute atomic E-state index is 12.5. The Labute approximate surface area is 158 Å². The molecule has 3 rings (SSSR count). The number of sulfonamides is 1. The molecule has 0 aliphatic heterocycles. The lowest BCUT2D eigenvalue weighted by atomic mass is 10.2. The molecule has 0 bridgehead atoms. The van der Waals surface area contributed by atoms with Crippen molar-refractivity contribution in [1.29, 1.82) is 0 Å². The molecule has 0 radical (unpaired) electrons. The third kappa shape index (κ3) is 4.60. The van der Waals surface area contributed by atoms with Crippen molar-refractivity contribution >= 4 is 21.7 Å². The number of nitrogens with zero attached hydrogens (tertiary/aromatic N) is 2. The molecule has 2 N–H and O–H groups in total. The number of nitrogens with one attached hydrogen (secondary N) is 2. The first kappa shape index (κ1) is 18.8. The van der Waals surface area contributed by atoms with E-state index in [1.165, 1.54) is 12.1 Å². The predicted octanol–water partition coefficient (Wildman–Crippen LogP) is 2.46. The molecule has 0 fully saturated rings. The summed E-state index contributed by atoms with van der Waals surface area (Å²) in [7, 11) is -2.02. The van der Waals surface area contributed by atoms with Crippen molar-refractivity contribution in [3.63, 3.8) is 0 Å². The van der Waals surface area contributed by atoms with E-state index in [1.807, 2.05) is 37.3 Å². The molecule has 8 heteroatoms. The molecule has 2 aromatic carbocycles. The van der Waals surface area contributed by atoms with Gasteiger partial charge in [-0.2, -0.15) is 5.10 Å². The second-order valence-electron chi connectivity index (χ2n) is 6.09. The molecule has 1 heterocycles. The normalized spacial score (nSPS) is 11.3. The van der Waals surface area contributed by atoms with Gasteiger partial charge in [-0.15, -0.1) is 0 Å². The number of carbonyl (C=O) groups is 1. The molecule has 0 unspecified atom stereocenters. The van der Waals surface area contributed by atoms with E-state index in [0.717, 1.165) is 11.3 Å². The molecule has 0 saturated carbocycles. The first-order valence-corrected chi connectivity index (χ1v) is 9.79. The van der Waals surface area contributed by atoms with Gasteiger partial charge < -0.3 is 5.32 Å². The Kier molecular flexibility index (Phi) is 5.38. The highest BCUT2D eigenvalue weighted by Crippen LogP contribution is 2.15. The van der Waals surface area contributed by atoms with Gasteiger partial charge in [0.25, 0.3) is 5.91 Å². The highest BCUT2D eigenvalue weighted by molar-refractivity contribution is 7.89. The molecule has 27 heavy (non-hydrogen) atoms. The summed E-state index contributed by atoms with van der Waals surface area (Å²) in [6, 6.07) is 16.9. The summed E-state index contributed by atoms with van der Waals surface area (Å²) in [5.74, 6) is 0.131. The third-order valence-electron chi connectivity index (χ3n) is 3.96. The SMILES string of the molecule is Cc1cc(NC(=O)c2cccc(S(=O)(=O)NCc3ccccc3)c2)n(C)n1. The van der Waals surface area contributed by atoms with Crippen LogP contribution in [0.1, 0.15) is 21.6 Å². The van der Waals surface area contributed by atoms with Crippen LogP contribution in [-0.2, 0) is 23.6 Å². The van der Waals surface area contributed by atoms with Crippen molar-refractivity contribution < 1.29 is 13.2 Å². The van der Waals surface area contributed by atoms with Gasteiger partial charge in [0.2, 0.25) is 10.0 Å². The van der Waals surface area contributed by atoms with Gasteiger partial charge in [-0.1, -0.05) is 36.4 Å². The Bertz CT molecular complexity index is 1060. The number of aromatic nitrogens is 2. The number of hydrogen-bond donors (Lipinski definition) is 2. The molecule has 1 amide bonds. The summed E-state index contributed by atoms with van der Waals surface area (Å²) in [6.07, 6.45) is 0. The number of benzene rings is 2. The number of hydrogen-bond acceptors (Lipinski definition) is 4. The summed E-state index contributed by atoms with van der Waals surface area (Å²) >= 11 is 0. The van der Waals surface area contributed by atoms with Gasteiger partial charge in [-0.05, 0) is 30.7 Å². The van der Waals surface area contributed by atoms with Crippen LogP contribution in [0, 0.1) is 6.92 Å². The number of carbonyl (C=O) groups excluding carboxylic acids is 1. The minimum atomic E-state index is -3.74. The molecular weight excluding hydrogens is 364 g/mol. The zero-order valence-electron chi connectivity index (χ0n) is 15.0. The standard InChI is InChI=1S/C19H20N4O3S/c1-14-11-18(23(2)22-14)21-19(24)16-9-6-10-17(12-16)27(25,26)20-13-15-7-4-3-5-8-15/h3-12,20H,13H2,1-2H3,(H,21,24). The summed E-state index contributed by atoms with van der Waals surface area (Å²) in [5.41, 5.74) is 1.87. The predicted molar refractivity (Wildman–Crippen MR) is 103 cm³/mol. The van der Waals surface area contributed by atoms with Crippen LogP contribution in [-0.4, -0.2) is 24.1 Å². The maximum atomic E-state index is 12.5. The van der Waals surface area contributed by atoms with E-state index < -0.39 is 15.9 Å². The van der Waals surface area contributed by atoms with Crippen LogP contribution in [0.25, 0.3) is 0 Å². The molecule has 0 aliphatic rings. The minimum absolute atomic E-state index is 0.0345. The highest BCUT2D eigenvalue weighted by atomic mass is 32.2. The van der Waals surface area contributed by atoms with Gasteiger partial charge in [0.15, 0.2) is 0 Å². The van der Waals surface area contributed by atoms with Gasteiger partial charge in [0, 0.05) is 25.2 Å². The van der Waals surface area contributed by atoms with E-state index in [0.29, 0.717) is 5.82 Å². The number of rotatable bonds is 6. The average Bonchev–Trinajstić information content (AvgIpc) is 2.98. The van der Waals surface area contributed by atoms with Gasteiger partial charge in [0.1, 0.15) is 5.82 Å². The van der Waals surface area contributed by atoms with Gasteiger partial charge in [-0.25, -0.2) is 13.1 Å². The van der Waals surface area contributed by atoms with Crippen LogP contribution in [0.5, 0.6) is 0 Å². The second-order valence-corrected chi connectivity index (χ2v) is 7.85. The van der Waals surface area contributed by atoms with Crippen LogP contribution in [0.3, 0.4) is 0 Å². The van der Waals surface area contributed by atoms with E-state index in [1.54, 1.807) is 29.9 Å². The van der Waals surface area contributed by atoms with Gasteiger partial charge >= 0.3 is 0 Å². The monoisotopic (exact) mass is 384 g/mol. The molecule has 1 aromatic heterocycles. The Hall–Kier alpha value is -2.97. The van der Waals surface area contributed by atoms with E-state index >= 15 is 0 Å². The number of amides is 1. The Morgan fingerprint density at radius 2 is 1.81 bits per heavy atom. The van der Waals surface area contributed by atoms with Crippen molar-refractivity contribution in [3.05, 3.63) is 77.5 Å². The molecule has 0 atom stereocenters. The fourth-order valence-corrected chi connectivity index (χ4v) is 3.64. The lowest BCUT2D eigenvalue weighted by molar-refractivity contribution is 0.102. The lowest BCUT2D eigenvalue weighted by Crippen LogP contribution is -2.23. The van der Waals surface area contributed by atoms with Crippen LogP contribution in [0.4, 0.5) is 5.82 Å². The zero-order valence-corrected chi connectivity index (χ0v) is 15.8. The number of aryl methyl sites for hydroxylation is 2. The molecular formula is C19H20N4O3S. The molecule has 0 aliphatic carbocycles. The Morgan fingerprint density at radius 1 is 1.07 bits per heavy atom. The van der Waals surface area contributed by atoms with Gasteiger partial charge in [0.05, 0.1) is 10.6 Å². The molecule has 7 nitrogen and oxygen atoms in total. The van der Waals surface area contributed by atoms with Crippen LogP contribution in [0.2, 0.25) is 0 Å². The van der Waals surface area contributed by atoms with E-state index in [2.05, 4.69) is 15.1 Å². The maximum Gasteiger partial charge on any atom is 0.256 e. The summed E-state index contributed by atoms with van der Waals surface area (Å²) in [6.45, 7) is 2.00. The van der Waals surface area contributed by atoms with Crippen molar-refractivity contribution in [3.8, 4) is 0 Å². The van der Waals surface area contributed by atoms with E-state index in [9.17, 15) is 13.2 Å². The highest BCUT2D eigenvalue weighted by Gasteiger charge is 2.17. The van der Waals surface area contributed by atoms with Crippen LogP contribution >= 0.6 is 0 Å². The molecule has 0 spiro atoms. The molecule has 0 saturated heterocycles. The van der Waals surface area contributed by atoms with Crippen molar-refractivity contribution in [2.75, 3.05) is 5.32 Å². The average molecular weight is 384 g/mol. The van der Waals surface area contributed by atoms with E-state index in [4.69, 9.17) is 0 Å². The van der Waals surface area contributed by atoms with Crippen LogP contribution < -0.4 is 10.0 Å². The second kappa shape index (κ2) is 7.73. The first-order chi connectivity index (χ1) is 12.8. The Balaban J connectivity index is 1.75. The quantitative estimate of drug-likeness (QED) is 0.683. The molecule has 3 aromatic rings. The summed E-state index contributed by atoms with van der Waals surface area (Å²) in [4.78, 5) is 12.5. The Morgan fingerprint density at radius 3 is 2.48 bits per heavy atom. The lowest BCUT2D eigenvalue weighted by Gasteiger charge is -2.09. The topological polar surface area (TPSA) is 93.1 Å².